The minimum Gasteiger partial charge on any atom is -0.281 e. The molecule has 17 heavy (non-hydrogen) atoms. The van der Waals surface area contributed by atoms with Crippen LogP contribution in [0, 0.1) is 13.8 Å². The summed E-state index contributed by atoms with van der Waals surface area (Å²) in [6, 6.07) is 0. The predicted molar refractivity (Wildman–Crippen MR) is 64.2 cm³/mol. The lowest BCUT2D eigenvalue weighted by Gasteiger charge is -2.03. The van der Waals surface area contributed by atoms with E-state index in [4.69, 9.17) is 0 Å². The van der Waals surface area contributed by atoms with Gasteiger partial charge in [0.1, 0.15) is 9.90 Å². The van der Waals surface area contributed by atoms with Crippen molar-refractivity contribution in [2.75, 3.05) is 0 Å². The van der Waals surface area contributed by atoms with Crippen molar-refractivity contribution >= 4 is 21.4 Å². The number of hydrogen-bond donors (Lipinski definition) is 2. The van der Waals surface area contributed by atoms with Gasteiger partial charge in [-0.3, -0.25) is 5.10 Å². The molecule has 0 amide bonds. The molecule has 0 spiro atoms. The lowest BCUT2D eigenvalue weighted by molar-refractivity contribution is 0.580. The van der Waals surface area contributed by atoms with E-state index in [-0.39, 0.29) is 11.4 Å². The van der Waals surface area contributed by atoms with Gasteiger partial charge in [-0.15, -0.1) is 11.3 Å². The highest BCUT2D eigenvalue weighted by molar-refractivity contribution is 7.89. The summed E-state index contributed by atoms with van der Waals surface area (Å²) in [5.41, 5.74) is 0.521. The standard InChI is InChI=1S/C9H12N4O2S2/c1-6-3-10-9(16-6)5-12-17(14,15)8-4-11-13-7(8)2/h3-4,12H,5H2,1-2H3,(H,11,13). The van der Waals surface area contributed by atoms with Gasteiger partial charge in [-0.25, -0.2) is 18.1 Å². The number of H-pyrrole nitrogens is 1. The summed E-state index contributed by atoms with van der Waals surface area (Å²) in [7, 11) is -3.51. The van der Waals surface area contributed by atoms with E-state index in [1.54, 1.807) is 13.1 Å². The smallest absolute Gasteiger partial charge is 0.244 e. The van der Waals surface area contributed by atoms with Gasteiger partial charge in [0.2, 0.25) is 10.0 Å². The zero-order chi connectivity index (χ0) is 12.5. The molecule has 2 rings (SSSR count). The third kappa shape index (κ3) is 2.71. The molecule has 0 aliphatic rings. The Morgan fingerprint density at radius 2 is 2.18 bits per heavy atom. The fourth-order valence-corrected chi connectivity index (χ4v) is 3.27. The number of nitrogens with one attached hydrogen (secondary N) is 2. The van der Waals surface area contributed by atoms with Crippen LogP contribution in [0.25, 0.3) is 0 Å². The summed E-state index contributed by atoms with van der Waals surface area (Å²) in [6.07, 6.45) is 3.02. The largest absolute Gasteiger partial charge is 0.281 e. The van der Waals surface area contributed by atoms with Crippen LogP contribution in [0.3, 0.4) is 0 Å². The van der Waals surface area contributed by atoms with Crippen LogP contribution in [-0.2, 0) is 16.6 Å². The van der Waals surface area contributed by atoms with Crippen molar-refractivity contribution in [2.24, 2.45) is 0 Å². The van der Waals surface area contributed by atoms with Crippen molar-refractivity contribution in [3.05, 3.63) is 28.0 Å². The van der Waals surface area contributed by atoms with E-state index in [9.17, 15) is 8.42 Å². The molecule has 6 nitrogen and oxygen atoms in total. The molecule has 8 heteroatoms. The topological polar surface area (TPSA) is 87.7 Å². The first-order chi connectivity index (χ1) is 7.99. The highest BCUT2D eigenvalue weighted by Gasteiger charge is 2.18. The second kappa shape index (κ2) is 4.55. The molecule has 0 atom stereocenters. The first-order valence-corrected chi connectivity index (χ1v) is 7.20. The molecule has 0 bridgehead atoms. The Morgan fingerprint density at radius 3 is 2.71 bits per heavy atom. The molecular weight excluding hydrogens is 260 g/mol. The van der Waals surface area contributed by atoms with Crippen LogP contribution < -0.4 is 4.72 Å². The third-order valence-electron chi connectivity index (χ3n) is 2.16. The number of aryl methyl sites for hydroxylation is 2. The predicted octanol–water partition coefficient (Wildman–Crippen LogP) is 0.962. The molecule has 0 unspecified atom stereocenters. The molecule has 0 saturated heterocycles. The van der Waals surface area contributed by atoms with Crippen LogP contribution in [0.1, 0.15) is 15.6 Å². The Hall–Kier alpha value is -1.25. The van der Waals surface area contributed by atoms with E-state index in [0.717, 1.165) is 9.88 Å². The van der Waals surface area contributed by atoms with Crippen LogP contribution >= 0.6 is 11.3 Å². The molecule has 0 fully saturated rings. The van der Waals surface area contributed by atoms with Gasteiger partial charge >= 0.3 is 0 Å². The molecule has 0 aliphatic heterocycles. The van der Waals surface area contributed by atoms with E-state index in [1.165, 1.54) is 17.5 Å². The molecule has 0 aromatic carbocycles. The number of aromatic amines is 1. The second-order valence-electron chi connectivity index (χ2n) is 3.55. The van der Waals surface area contributed by atoms with E-state index >= 15 is 0 Å². The summed E-state index contributed by atoms with van der Waals surface area (Å²) in [5, 5.41) is 7.03. The van der Waals surface area contributed by atoms with E-state index in [0.29, 0.717) is 5.69 Å². The van der Waals surface area contributed by atoms with E-state index in [1.807, 2.05) is 6.92 Å². The van der Waals surface area contributed by atoms with Crippen molar-refractivity contribution in [3.8, 4) is 0 Å². The summed E-state index contributed by atoms with van der Waals surface area (Å²) in [6.45, 7) is 3.79. The van der Waals surface area contributed by atoms with Gasteiger partial charge in [-0.2, -0.15) is 5.10 Å². The van der Waals surface area contributed by atoms with Crippen molar-refractivity contribution in [1.82, 2.24) is 19.9 Å². The average molecular weight is 272 g/mol. The summed E-state index contributed by atoms with van der Waals surface area (Å²) in [5.74, 6) is 0. The molecule has 0 radical (unpaired) electrons. The second-order valence-corrected chi connectivity index (χ2v) is 6.60. The van der Waals surface area contributed by atoms with Crippen molar-refractivity contribution in [3.63, 3.8) is 0 Å². The van der Waals surface area contributed by atoms with Crippen molar-refractivity contribution < 1.29 is 8.42 Å². The third-order valence-corrected chi connectivity index (χ3v) is 4.58. The summed E-state index contributed by atoms with van der Waals surface area (Å²) >= 11 is 1.47. The maximum Gasteiger partial charge on any atom is 0.244 e. The Balaban J connectivity index is 2.11. The van der Waals surface area contributed by atoms with E-state index < -0.39 is 10.0 Å². The van der Waals surface area contributed by atoms with Crippen LogP contribution in [0.15, 0.2) is 17.3 Å². The van der Waals surface area contributed by atoms with Crippen LogP contribution in [0.4, 0.5) is 0 Å². The monoisotopic (exact) mass is 272 g/mol. The molecule has 2 aromatic heterocycles. The summed E-state index contributed by atoms with van der Waals surface area (Å²) < 4.78 is 26.3. The Labute approximate surface area is 103 Å². The average Bonchev–Trinajstić information content (AvgIpc) is 2.85. The molecule has 2 heterocycles. The lowest BCUT2D eigenvalue weighted by Crippen LogP contribution is -2.23. The maximum atomic E-state index is 11.9. The van der Waals surface area contributed by atoms with Gasteiger partial charge in [0.15, 0.2) is 0 Å². The fraction of sp³-hybridized carbons (Fsp3) is 0.333. The lowest BCUT2D eigenvalue weighted by atomic mass is 10.5. The van der Waals surface area contributed by atoms with E-state index in [2.05, 4.69) is 19.9 Å². The van der Waals surface area contributed by atoms with Crippen LogP contribution in [0.2, 0.25) is 0 Å². The van der Waals surface area contributed by atoms with Crippen molar-refractivity contribution in [2.45, 2.75) is 25.3 Å². The van der Waals surface area contributed by atoms with Crippen molar-refractivity contribution in [1.29, 1.82) is 0 Å². The number of nitrogens with zero attached hydrogens (tertiary/aromatic N) is 2. The van der Waals surface area contributed by atoms with Crippen LogP contribution in [-0.4, -0.2) is 23.6 Å². The number of hydrogen-bond acceptors (Lipinski definition) is 5. The highest BCUT2D eigenvalue weighted by Crippen LogP contribution is 2.14. The number of rotatable bonds is 4. The van der Waals surface area contributed by atoms with Gasteiger partial charge in [-0.05, 0) is 13.8 Å². The minimum atomic E-state index is -3.51. The Kier molecular flexibility index (Phi) is 3.27. The molecule has 2 aromatic rings. The van der Waals surface area contributed by atoms with Gasteiger partial charge in [0.05, 0.1) is 18.4 Å². The van der Waals surface area contributed by atoms with Gasteiger partial charge in [0.25, 0.3) is 0 Å². The molecule has 0 saturated carbocycles. The van der Waals surface area contributed by atoms with Gasteiger partial charge < -0.3 is 0 Å². The fourth-order valence-electron chi connectivity index (χ4n) is 1.33. The molecule has 92 valence electrons. The number of sulfonamides is 1. The quantitative estimate of drug-likeness (QED) is 0.867. The zero-order valence-electron chi connectivity index (χ0n) is 9.39. The molecule has 2 N–H and O–H groups in total. The Bertz CT molecular complexity index is 614. The first kappa shape index (κ1) is 12.2. The summed E-state index contributed by atoms with van der Waals surface area (Å²) in [4.78, 5) is 5.32. The Morgan fingerprint density at radius 1 is 1.41 bits per heavy atom. The maximum absolute atomic E-state index is 11.9. The van der Waals surface area contributed by atoms with Gasteiger partial charge in [0, 0.05) is 11.1 Å². The van der Waals surface area contributed by atoms with Crippen LogP contribution in [0.5, 0.6) is 0 Å². The molecular formula is C9H12N4O2S2. The normalized spacial score (nSPS) is 11.9. The SMILES string of the molecule is Cc1cnc(CNS(=O)(=O)c2cn[nH]c2C)s1. The number of thiazole rings is 1. The minimum absolute atomic E-state index is 0.172. The van der Waals surface area contributed by atoms with Gasteiger partial charge in [-0.1, -0.05) is 0 Å². The zero-order valence-corrected chi connectivity index (χ0v) is 11.0. The highest BCUT2D eigenvalue weighted by atomic mass is 32.2. The molecule has 0 aliphatic carbocycles. The first-order valence-electron chi connectivity index (χ1n) is 4.90. The number of aromatic nitrogens is 3.